The van der Waals surface area contributed by atoms with Gasteiger partial charge >= 0.3 is 5.97 Å². The van der Waals surface area contributed by atoms with Crippen LogP contribution in [-0.4, -0.2) is 42.8 Å². The van der Waals surface area contributed by atoms with Crippen LogP contribution in [0.1, 0.15) is 16.8 Å². The molecule has 2 rings (SSSR count). The molecule has 0 fully saturated rings. The van der Waals surface area contributed by atoms with Crippen molar-refractivity contribution in [2.75, 3.05) is 11.9 Å². The SMILES string of the molecule is O=C(O)c1ccnnc1NCCCn1ccnn1. The van der Waals surface area contributed by atoms with E-state index in [-0.39, 0.29) is 11.4 Å². The van der Waals surface area contributed by atoms with Crippen LogP contribution in [0.15, 0.2) is 24.7 Å². The van der Waals surface area contributed by atoms with Gasteiger partial charge in [0.15, 0.2) is 5.82 Å². The number of rotatable bonds is 6. The molecule has 0 atom stereocenters. The van der Waals surface area contributed by atoms with Crippen LogP contribution in [0.4, 0.5) is 5.82 Å². The maximum absolute atomic E-state index is 10.9. The molecule has 0 unspecified atom stereocenters. The Morgan fingerprint density at radius 2 is 2.28 bits per heavy atom. The highest BCUT2D eigenvalue weighted by Gasteiger charge is 2.10. The van der Waals surface area contributed by atoms with Gasteiger partial charge in [0, 0.05) is 19.3 Å². The molecule has 0 aliphatic rings. The molecular formula is C10H12N6O2. The van der Waals surface area contributed by atoms with E-state index >= 15 is 0 Å². The summed E-state index contributed by atoms with van der Waals surface area (Å²) in [4.78, 5) is 10.9. The van der Waals surface area contributed by atoms with Gasteiger partial charge in [0.1, 0.15) is 5.56 Å². The number of nitrogens with zero attached hydrogens (tertiary/aromatic N) is 5. The van der Waals surface area contributed by atoms with Crippen LogP contribution in [0.2, 0.25) is 0 Å². The van der Waals surface area contributed by atoms with Crippen molar-refractivity contribution < 1.29 is 9.90 Å². The maximum Gasteiger partial charge on any atom is 0.339 e. The highest BCUT2D eigenvalue weighted by molar-refractivity contribution is 5.92. The summed E-state index contributed by atoms with van der Waals surface area (Å²) in [5, 5.41) is 26.8. The second-order valence-corrected chi connectivity index (χ2v) is 3.55. The van der Waals surface area contributed by atoms with Gasteiger partial charge in [0.05, 0.1) is 12.4 Å². The summed E-state index contributed by atoms with van der Waals surface area (Å²) in [6.45, 7) is 1.29. The first kappa shape index (κ1) is 12.0. The van der Waals surface area contributed by atoms with Crippen molar-refractivity contribution in [3.8, 4) is 0 Å². The highest BCUT2D eigenvalue weighted by Crippen LogP contribution is 2.09. The number of nitrogens with one attached hydrogen (secondary N) is 1. The Balaban J connectivity index is 1.85. The van der Waals surface area contributed by atoms with Gasteiger partial charge in [-0.2, -0.15) is 5.10 Å². The third kappa shape index (κ3) is 3.00. The largest absolute Gasteiger partial charge is 0.478 e. The number of hydrogen-bond donors (Lipinski definition) is 2. The molecule has 0 bridgehead atoms. The average molecular weight is 248 g/mol. The van der Waals surface area contributed by atoms with Crippen molar-refractivity contribution in [1.82, 2.24) is 25.2 Å². The van der Waals surface area contributed by atoms with Gasteiger partial charge in [0.25, 0.3) is 0 Å². The number of hydrogen-bond acceptors (Lipinski definition) is 6. The highest BCUT2D eigenvalue weighted by atomic mass is 16.4. The fourth-order valence-electron chi connectivity index (χ4n) is 1.43. The van der Waals surface area contributed by atoms with Crippen molar-refractivity contribution in [2.24, 2.45) is 0 Å². The van der Waals surface area contributed by atoms with Crippen LogP contribution in [0.5, 0.6) is 0 Å². The van der Waals surface area contributed by atoms with Crippen LogP contribution in [0, 0.1) is 0 Å². The lowest BCUT2D eigenvalue weighted by Crippen LogP contribution is -2.12. The smallest absolute Gasteiger partial charge is 0.339 e. The van der Waals surface area contributed by atoms with E-state index in [0.29, 0.717) is 13.1 Å². The number of carboxylic acid groups (broad SMARTS) is 1. The number of aromatic nitrogens is 5. The molecule has 2 aromatic rings. The molecule has 0 saturated carbocycles. The van der Waals surface area contributed by atoms with Crippen molar-refractivity contribution in [3.63, 3.8) is 0 Å². The second-order valence-electron chi connectivity index (χ2n) is 3.55. The first-order chi connectivity index (χ1) is 8.77. The zero-order chi connectivity index (χ0) is 12.8. The average Bonchev–Trinajstić information content (AvgIpc) is 2.88. The molecule has 2 aromatic heterocycles. The molecular weight excluding hydrogens is 236 g/mol. The Kier molecular flexibility index (Phi) is 3.79. The van der Waals surface area contributed by atoms with Crippen LogP contribution in [-0.2, 0) is 6.54 Å². The summed E-state index contributed by atoms with van der Waals surface area (Å²) in [5.74, 6) is -0.743. The standard InChI is InChI=1S/C10H12N6O2/c17-10(18)8-2-4-12-14-9(8)11-3-1-6-16-7-5-13-15-16/h2,4-5,7H,1,3,6H2,(H,11,14)(H,17,18). The minimum Gasteiger partial charge on any atom is -0.478 e. The van der Waals surface area contributed by atoms with Gasteiger partial charge < -0.3 is 10.4 Å². The van der Waals surface area contributed by atoms with E-state index in [1.807, 2.05) is 0 Å². The summed E-state index contributed by atoms with van der Waals surface area (Å²) >= 11 is 0. The van der Waals surface area contributed by atoms with Crippen molar-refractivity contribution in [3.05, 3.63) is 30.2 Å². The van der Waals surface area contributed by atoms with Gasteiger partial charge in [-0.25, -0.2) is 4.79 Å². The summed E-state index contributed by atoms with van der Waals surface area (Å²) < 4.78 is 1.70. The minimum absolute atomic E-state index is 0.116. The van der Waals surface area contributed by atoms with Crippen molar-refractivity contribution in [2.45, 2.75) is 13.0 Å². The fourth-order valence-corrected chi connectivity index (χ4v) is 1.43. The molecule has 0 spiro atoms. The number of aryl methyl sites for hydroxylation is 1. The van der Waals surface area contributed by atoms with Crippen molar-refractivity contribution in [1.29, 1.82) is 0 Å². The monoisotopic (exact) mass is 248 g/mol. The van der Waals surface area contributed by atoms with E-state index < -0.39 is 5.97 Å². The lowest BCUT2D eigenvalue weighted by molar-refractivity contribution is 0.0697. The number of carboxylic acids is 1. The van der Waals surface area contributed by atoms with E-state index in [1.54, 1.807) is 17.1 Å². The molecule has 0 aromatic carbocycles. The summed E-state index contributed by atoms with van der Waals surface area (Å²) in [7, 11) is 0. The maximum atomic E-state index is 10.9. The Morgan fingerprint density at radius 3 is 3.00 bits per heavy atom. The first-order valence-electron chi connectivity index (χ1n) is 5.40. The molecule has 0 amide bonds. The van der Waals surface area contributed by atoms with E-state index in [2.05, 4.69) is 25.8 Å². The molecule has 0 aliphatic carbocycles. The molecule has 0 saturated heterocycles. The van der Waals surface area contributed by atoms with Crippen LogP contribution in [0.3, 0.4) is 0 Å². The third-order valence-corrected chi connectivity index (χ3v) is 2.28. The van der Waals surface area contributed by atoms with Crippen LogP contribution < -0.4 is 5.32 Å². The van der Waals surface area contributed by atoms with Gasteiger partial charge in [-0.1, -0.05) is 5.21 Å². The number of carbonyl (C=O) groups is 1. The number of anilines is 1. The number of aromatic carboxylic acids is 1. The molecule has 18 heavy (non-hydrogen) atoms. The van der Waals surface area contributed by atoms with E-state index in [1.165, 1.54) is 12.3 Å². The molecule has 0 radical (unpaired) electrons. The molecule has 8 heteroatoms. The predicted molar refractivity (Wildman–Crippen MR) is 62.1 cm³/mol. The zero-order valence-electron chi connectivity index (χ0n) is 9.52. The first-order valence-corrected chi connectivity index (χ1v) is 5.40. The Bertz CT molecular complexity index is 513. The molecule has 2 heterocycles. The third-order valence-electron chi connectivity index (χ3n) is 2.28. The molecule has 8 nitrogen and oxygen atoms in total. The molecule has 94 valence electrons. The van der Waals surface area contributed by atoms with Gasteiger partial charge in [0.2, 0.25) is 0 Å². The van der Waals surface area contributed by atoms with E-state index in [0.717, 1.165) is 6.42 Å². The Morgan fingerprint density at radius 1 is 1.39 bits per heavy atom. The Labute approximate surface area is 103 Å². The van der Waals surface area contributed by atoms with E-state index in [9.17, 15) is 4.79 Å². The normalized spacial score (nSPS) is 10.2. The zero-order valence-corrected chi connectivity index (χ0v) is 9.52. The Hall–Kier alpha value is -2.51. The van der Waals surface area contributed by atoms with Gasteiger partial charge in [-0.05, 0) is 12.5 Å². The van der Waals surface area contributed by atoms with Crippen LogP contribution >= 0.6 is 0 Å². The minimum atomic E-state index is -1.02. The molecule has 2 N–H and O–H groups in total. The second kappa shape index (κ2) is 5.71. The lowest BCUT2D eigenvalue weighted by atomic mass is 10.3. The topological polar surface area (TPSA) is 106 Å². The summed E-state index contributed by atoms with van der Waals surface area (Å²) in [6, 6.07) is 1.41. The van der Waals surface area contributed by atoms with E-state index in [4.69, 9.17) is 5.11 Å². The van der Waals surface area contributed by atoms with Gasteiger partial charge in [-0.15, -0.1) is 10.2 Å². The summed E-state index contributed by atoms with van der Waals surface area (Å²) in [6.07, 6.45) is 5.51. The fraction of sp³-hybridized carbons (Fsp3) is 0.300. The summed E-state index contributed by atoms with van der Waals surface area (Å²) in [5.41, 5.74) is 0.116. The molecule has 0 aliphatic heterocycles. The van der Waals surface area contributed by atoms with Crippen molar-refractivity contribution >= 4 is 11.8 Å². The predicted octanol–water partition coefficient (Wildman–Crippen LogP) is 0.268. The lowest BCUT2D eigenvalue weighted by Gasteiger charge is -2.06. The van der Waals surface area contributed by atoms with Gasteiger partial charge in [-0.3, -0.25) is 4.68 Å². The quantitative estimate of drug-likeness (QED) is 0.706. The van der Waals surface area contributed by atoms with Crippen LogP contribution in [0.25, 0.3) is 0 Å².